The van der Waals surface area contributed by atoms with E-state index in [0.29, 0.717) is 12.1 Å². The number of hydrogen-bond acceptors (Lipinski definition) is 4. The Morgan fingerprint density at radius 1 is 1.00 bits per heavy atom. The second kappa shape index (κ2) is 9.31. The van der Waals surface area contributed by atoms with Gasteiger partial charge in [0.25, 0.3) is 11.8 Å². The maximum Gasteiger partial charge on any atom is 0.354 e. The van der Waals surface area contributed by atoms with Crippen molar-refractivity contribution in [1.29, 1.82) is 0 Å². The summed E-state index contributed by atoms with van der Waals surface area (Å²) in [7, 11) is 0. The predicted molar refractivity (Wildman–Crippen MR) is 96.0 cm³/mol. The molecule has 0 saturated heterocycles. The molecule has 0 fully saturated rings. The molecule has 7 heteroatoms. The van der Waals surface area contributed by atoms with Gasteiger partial charge in [-0.1, -0.05) is 25.5 Å². The van der Waals surface area contributed by atoms with Crippen LogP contribution in [0.15, 0.2) is 42.6 Å². The van der Waals surface area contributed by atoms with Crippen LogP contribution < -0.4 is 10.6 Å². The van der Waals surface area contributed by atoms with Crippen molar-refractivity contribution in [3.8, 4) is 0 Å². The standard InChI is InChI=1S/C19H21N3O4/c1-2-3-9-21-17(23)14-6-4-13(5-7-14)12-22-18(24)15-8-10-20-16(11-15)19(25)26/h4-8,10-11H,2-3,9,12H2,1H3,(H,21,23)(H,22,24)(H,25,26). The van der Waals surface area contributed by atoms with Gasteiger partial charge in [0.15, 0.2) is 0 Å². The third-order valence-corrected chi connectivity index (χ3v) is 3.73. The smallest absolute Gasteiger partial charge is 0.354 e. The van der Waals surface area contributed by atoms with Crippen molar-refractivity contribution >= 4 is 17.8 Å². The van der Waals surface area contributed by atoms with Crippen LogP contribution in [0.2, 0.25) is 0 Å². The molecule has 0 aliphatic carbocycles. The van der Waals surface area contributed by atoms with Gasteiger partial charge in [0.2, 0.25) is 0 Å². The molecule has 0 spiro atoms. The number of carboxylic acids is 1. The van der Waals surface area contributed by atoms with Crippen molar-refractivity contribution in [2.45, 2.75) is 26.3 Å². The summed E-state index contributed by atoms with van der Waals surface area (Å²) in [5.74, 6) is -1.70. The summed E-state index contributed by atoms with van der Waals surface area (Å²) in [4.78, 5) is 38.6. The highest BCUT2D eigenvalue weighted by Crippen LogP contribution is 2.06. The summed E-state index contributed by atoms with van der Waals surface area (Å²) in [5.41, 5.74) is 1.44. The lowest BCUT2D eigenvalue weighted by molar-refractivity contribution is 0.0690. The van der Waals surface area contributed by atoms with E-state index in [1.807, 2.05) is 0 Å². The molecular formula is C19H21N3O4. The Balaban J connectivity index is 1.91. The van der Waals surface area contributed by atoms with E-state index in [4.69, 9.17) is 5.11 Å². The lowest BCUT2D eigenvalue weighted by atomic mass is 10.1. The van der Waals surface area contributed by atoms with Crippen LogP contribution in [0, 0.1) is 0 Å². The minimum absolute atomic E-state index is 0.118. The summed E-state index contributed by atoms with van der Waals surface area (Å²) in [5, 5.41) is 14.5. The highest BCUT2D eigenvalue weighted by molar-refractivity contribution is 5.96. The Labute approximate surface area is 151 Å². The first-order valence-corrected chi connectivity index (χ1v) is 8.36. The van der Waals surface area contributed by atoms with Gasteiger partial charge in [0.1, 0.15) is 5.69 Å². The molecular weight excluding hydrogens is 334 g/mol. The number of hydrogen-bond donors (Lipinski definition) is 3. The number of aromatic carboxylic acids is 1. The molecule has 1 aromatic carbocycles. The van der Waals surface area contributed by atoms with Crippen LogP contribution >= 0.6 is 0 Å². The minimum Gasteiger partial charge on any atom is -0.477 e. The van der Waals surface area contributed by atoms with Gasteiger partial charge in [-0.05, 0) is 36.2 Å². The number of pyridine rings is 1. The zero-order valence-electron chi connectivity index (χ0n) is 14.5. The van der Waals surface area contributed by atoms with E-state index in [2.05, 4.69) is 22.5 Å². The van der Waals surface area contributed by atoms with Crippen LogP contribution in [0.3, 0.4) is 0 Å². The summed E-state index contributed by atoms with van der Waals surface area (Å²) in [6, 6.07) is 9.62. The molecule has 2 rings (SSSR count). The van der Waals surface area contributed by atoms with E-state index in [1.165, 1.54) is 18.3 Å². The van der Waals surface area contributed by atoms with Crippen molar-refractivity contribution in [2.75, 3.05) is 6.54 Å². The molecule has 0 atom stereocenters. The number of rotatable bonds is 8. The predicted octanol–water partition coefficient (Wildman–Crippen LogP) is 2.24. The quantitative estimate of drug-likeness (QED) is 0.629. The minimum atomic E-state index is -1.19. The van der Waals surface area contributed by atoms with Crippen molar-refractivity contribution < 1.29 is 19.5 Å². The molecule has 1 aromatic heterocycles. The number of carbonyl (C=O) groups is 3. The normalized spacial score (nSPS) is 10.2. The van der Waals surface area contributed by atoms with E-state index < -0.39 is 11.9 Å². The van der Waals surface area contributed by atoms with Gasteiger partial charge in [-0.3, -0.25) is 9.59 Å². The van der Waals surface area contributed by atoms with E-state index in [-0.39, 0.29) is 23.7 Å². The summed E-state index contributed by atoms with van der Waals surface area (Å²) in [6.07, 6.45) is 3.24. The Kier molecular flexibility index (Phi) is 6.84. The average molecular weight is 355 g/mol. The Morgan fingerprint density at radius 2 is 1.69 bits per heavy atom. The number of nitrogens with zero attached hydrogens (tertiary/aromatic N) is 1. The molecule has 0 aliphatic heterocycles. The fraction of sp³-hybridized carbons (Fsp3) is 0.263. The highest BCUT2D eigenvalue weighted by Gasteiger charge is 2.11. The third kappa shape index (κ3) is 5.41. The van der Waals surface area contributed by atoms with Gasteiger partial charge in [0, 0.05) is 30.4 Å². The van der Waals surface area contributed by atoms with Crippen LogP contribution in [-0.4, -0.2) is 34.4 Å². The Bertz CT molecular complexity index is 788. The number of carboxylic acid groups (broad SMARTS) is 1. The molecule has 2 amide bonds. The largest absolute Gasteiger partial charge is 0.477 e. The maximum atomic E-state index is 12.1. The van der Waals surface area contributed by atoms with Gasteiger partial charge in [-0.15, -0.1) is 0 Å². The van der Waals surface area contributed by atoms with Gasteiger partial charge < -0.3 is 15.7 Å². The van der Waals surface area contributed by atoms with Crippen LogP contribution in [0.1, 0.15) is 56.5 Å². The first-order chi connectivity index (χ1) is 12.5. The van der Waals surface area contributed by atoms with Crippen LogP contribution in [-0.2, 0) is 6.54 Å². The van der Waals surface area contributed by atoms with Gasteiger partial charge >= 0.3 is 5.97 Å². The van der Waals surface area contributed by atoms with Gasteiger partial charge in [-0.2, -0.15) is 0 Å². The highest BCUT2D eigenvalue weighted by atomic mass is 16.4. The zero-order chi connectivity index (χ0) is 18.9. The first kappa shape index (κ1) is 19.1. The third-order valence-electron chi connectivity index (χ3n) is 3.73. The molecule has 0 radical (unpaired) electrons. The van der Waals surface area contributed by atoms with Crippen LogP contribution in [0.25, 0.3) is 0 Å². The summed E-state index contributed by atoms with van der Waals surface area (Å²) >= 11 is 0. The number of carbonyl (C=O) groups excluding carboxylic acids is 2. The molecule has 136 valence electrons. The number of nitrogens with one attached hydrogen (secondary N) is 2. The second-order valence-electron chi connectivity index (χ2n) is 5.72. The van der Waals surface area contributed by atoms with Crippen LogP contribution in [0.4, 0.5) is 0 Å². The topological polar surface area (TPSA) is 108 Å². The fourth-order valence-electron chi connectivity index (χ4n) is 2.23. The Hall–Kier alpha value is -3.22. The van der Waals surface area contributed by atoms with E-state index in [0.717, 1.165) is 18.4 Å². The van der Waals surface area contributed by atoms with E-state index in [9.17, 15) is 14.4 Å². The van der Waals surface area contributed by atoms with Crippen molar-refractivity contribution in [3.63, 3.8) is 0 Å². The SMILES string of the molecule is CCCCNC(=O)c1ccc(CNC(=O)c2ccnc(C(=O)O)c2)cc1. The monoisotopic (exact) mass is 355 g/mol. The molecule has 26 heavy (non-hydrogen) atoms. The van der Waals surface area contributed by atoms with E-state index in [1.54, 1.807) is 24.3 Å². The average Bonchev–Trinajstić information content (AvgIpc) is 2.66. The first-order valence-electron chi connectivity index (χ1n) is 8.36. The number of amides is 2. The number of unbranched alkanes of at least 4 members (excludes halogenated alkanes) is 1. The molecule has 1 heterocycles. The number of benzene rings is 1. The molecule has 3 N–H and O–H groups in total. The number of aromatic nitrogens is 1. The van der Waals surface area contributed by atoms with Crippen molar-refractivity contribution in [1.82, 2.24) is 15.6 Å². The van der Waals surface area contributed by atoms with Gasteiger partial charge in [-0.25, -0.2) is 9.78 Å². The molecule has 0 aliphatic rings. The molecule has 0 bridgehead atoms. The fourth-order valence-corrected chi connectivity index (χ4v) is 2.23. The second-order valence-corrected chi connectivity index (χ2v) is 5.72. The van der Waals surface area contributed by atoms with Gasteiger partial charge in [0.05, 0.1) is 0 Å². The zero-order valence-corrected chi connectivity index (χ0v) is 14.5. The van der Waals surface area contributed by atoms with Crippen molar-refractivity contribution in [3.05, 3.63) is 65.0 Å². The lowest BCUT2D eigenvalue weighted by Crippen LogP contribution is -2.25. The van der Waals surface area contributed by atoms with Crippen molar-refractivity contribution in [2.24, 2.45) is 0 Å². The van der Waals surface area contributed by atoms with E-state index >= 15 is 0 Å². The molecule has 0 saturated carbocycles. The lowest BCUT2D eigenvalue weighted by Gasteiger charge is -2.08. The molecule has 0 unspecified atom stereocenters. The summed E-state index contributed by atoms with van der Waals surface area (Å²) < 4.78 is 0. The Morgan fingerprint density at radius 3 is 2.35 bits per heavy atom. The van der Waals surface area contributed by atoms with Crippen LogP contribution in [0.5, 0.6) is 0 Å². The molecule has 7 nitrogen and oxygen atoms in total. The molecule has 2 aromatic rings. The maximum absolute atomic E-state index is 12.1. The summed E-state index contributed by atoms with van der Waals surface area (Å²) in [6.45, 7) is 2.97.